The fourth-order valence-electron chi connectivity index (χ4n) is 3.59. The Morgan fingerprint density at radius 2 is 1.78 bits per heavy atom. The number of nitrogens with one attached hydrogen (secondary N) is 2. The van der Waals surface area contributed by atoms with Crippen molar-refractivity contribution in [2.24, 2.45) is 10.9 Å². The van der Waals surface area contributed by atoms with Crippen LogP contribution in [0, 0.1) is 5.92 Å². The van der Waals surface area contributed by atoms with Gasteiger partial charge in [-0.25, -0.2) is 0 Å². The molecule has 1 aliphatic rings. The zero-order chi connectivity index (χ0) is 23.3. The molecule has 2 N–H and O–H groups in total. The van der Waals surface area contributed by atoms with Gasteiger partial charge in [-0.2, -0.15) is 0 Å². The summed E-state index contributed by atoms with van der Waals surface area (Å²) in [4.78, 5) is 29.5. The Balaban J connectivity index is 1.83. The maximum absolute atomic E-state index is 12.7. The van der Waals surface area contributed by atoms with Crippen LogP contribution in [0.15, 0.2) is 47.5 Å². The maximum atomic E-state index is 12.7. The van der Waals surface area contributed by atoms with Crippen molar-refractivity contribution in [2.75, 3.05) is 19.5 Å². The molecule has 7 heteroatoms. The first-order chi connectivity index (χ1) is 15.4. The summed E-state index contributed by atoms with van der Waals surface area (Å²) in [5.74, 6) is 1.06. The lowest BCUT2D eigenvalue weighted by atomic mass is 9.95. The van der Waals surface area contributed by atoms with Gasteiger partial charge in [0.25, 0.3) is 0 Å². The molecule has 0 radical (unpaired) electrons. The van der Waals surface area contributed by atoms with Gasteiger partial charge in [0.05, 0.1) is 26.0 Å². The normalized spacial score (nSPS) is 18.1. The summed E-state index contributed by atoms with van der Waals surface area (Å²) < 4.78 is 10.8. The predicted octanol–water partition coefficient (Wildman–Crippen LogP) is 3.61. The van der Waals surface area contributed by atoms with Gasteiger partial charge < -0.3 is 20.1 Å². The highest BCUT2D eigenvalue weighted by molar-refractivity contribution is 6.09. The van der Waals surface area contributed by atoms with E-state index >= 15 is 0 Å². The topological polar surface area (TPSA) is 89.0 Å². The molecular weight excluding hydrogens is 406 g/mol. The number of hydrogen-bond donors (Lipinski definition) is 2. The fraction of sp³-hybridized carbons (Fsp3) is 0.400. The number of aliphatic imine (C=N–C) groups is 1. The molecule has 0 saturated heterocycles. The molecule has 32 heavy (non-hydrogen) atoms. The summed E-state index contributed by atoms with van der Waals surface area (Å²) in [5, 5.41) is 5.98. The van der Waals surface area contributed by atoms with Crippen LogP contribution in [0.25, 0.3) is 0 Å². The Labute approximate surface area is 189 Å². The van der Waals surface area contributed by atoms with Gasteiger partial charge in [-0.3, -0.25) is 14.6 Å². The van der Waals surface area contributed by atoms with Crippen molar-refractivity contribution < 1.29 is 19.1 Å². The Kier molecular flexibility index (Phi) is 7.51. The van der Waals surface area contributed by atoms with Crippen LogP contribution in [0.5, 0.6) is 11.5 Å². The molecule has 0 fully saturated rings. The minimum absolute atomic E-state index is 0.0285. The molecule has 1 aliphatic heterocycles. The van der Waals surface area contributed by atoms with E-state index in [1.165, 1.54) is 0 Å². The van der Waals surface area contributed by atoms with E-state index in [0.29, 0.717) is 17.9 Å². The van der Waals surface area contributed by atoms with E-state index in [9.17, 15) is 9.59 Å². The lowest BCUT2D eigenvalue weighted by Gasteiger charge is -2.28. The van der Waals surface area contributed by atoms with Crippen molar-refractivity contribution in [2.45, 2.75) is 45.7 Å². The molecule has 2 aromatic rings. The number of amides is 2. The number of hydrogen-bond acceptors (Lipinski definition) is 5. The number of carbonyl (C=O) groups excluding carboxylic acids is 2. The summed E-state index contributed by atoms with van der Waals surface area (Å²) in [5.41, 5.74) is 3.43. The molecule has 0 aromatic heterocycles. The molecule has 1 heterocycles. The SMILES string of the molecule is CCC1NC(=O)C(Cc2ccc(NC(=O)C(C)C)cc2)N=C1c1ccc(OC)c(OC)c1. The lowest BCUT2D eigenvalue weighted by Crippen LogP contribution is -2.50. The second-order valence-corrected chi connectivity index (χ2v) is 8.11. The first kappa shape index (κ1) is 23.3. The smallest absolute Gasteiger partial charge is 0.245 e. The zero-order valence-corrected chi connectivity index (χ0v) is 19.3. The molecule has 0 spiro atoms. The van der Waals surface area contributed by atoms with Crippen LogP contribution in [0.2, 0.25) is 0 Å². The van der Waals surface area contributed by atoms with Crippen LogP contribution in [0.4, 0.5) is 5.69 Å². The Morgan fingerprint density at radius 1 is 1.09 bits per heavy atom. The summed E-state index contributed by atoms with van der Waals surface area (Å²) >= 11 is 0. The van der Waals surface area contributed by atoms with Gasteiger partial charge in [-0.15, -0.1) is 0 Å². The van der Waals surface area contributed by atoms with Gasteiger partial charge in [0.15, 0.2) is 11.5 Å². The number of rotatable bonds is 8. The van der Waals surface area contributed by atoms with Gasteiger partial charge in [-0.1, -0.05) is 32.9 Å². The van der Waals surface area contributed by atoms with Crippen molar-refractivity contribution in [3.8, 4) is 11.5 Å². The quantitative estimate of drug-likeness (QED) is 0.660. The molecule has 2 aromatic carbocycles. The fourth-order valence-corrected chi connectivity index (χ4v) is 3.59. The van der Waals surface area contributed by atoms with Crippen molar-refractivity contribution in [1.82, 2.24) is 5.32 Å². The average molecular weight is 438 g/mol. The molecule has 170 valence electrons. The second kappa shape index (κ2) is 10.3. The van der Waals surface area contributed by atoms with E-state index in [0.717, 1.165) is 28.9 Å². The molecular formula is C25H31N3O4. The van der Waals surface area contributed by atoms with Gasteiger partial charge >= 0.3 is 0 Å². The van der Waals surface area contributed by atoms with Crippen LogP contribution in [-0.2, 0) is 16.0 Å². The van der Waals surface area contributed by atoms with E-state index < -0.39 is 6.04 Å². The second-order valence-electron chi connectivity index (χ2n) is 8.11. The molecule has 2 unspecified atom stereocenters. The molecule has 2 amide bonds. The number of benzene rings is 2. The summed E-state index contributed by atoms with van der Waals surface area (Å²) in [6, 6.07) is 12.5. The minimum atomic E-state index is -0.531. The molecule has 0 bridgehead atoms. The van der Waals surface area contributed by atoms with Gasteiger partial charge in [0, 0.05) is 23.6 Å². The van der Waals surface area contributed by atoms with E-state index in [2.05, 4.69) is 10.6 Å². The summed E-state index contributed by atoms with van der Waals surface area (Å²) in [7, 11) is 3.19. The standard InChI is InChI=1S/C25H31N3O4/c1-6-19-23(17-9-12-21(31-4)22(14-17)32-5)27-20(25(30)28-19)13-16-7-10-18(11-8-16)26-24(29)15(2)3/h7-12,14-15,19-20H,6,13H2,1-5H3,(H,26,29)(H,28,30). The minimum Gasteiger partial charge on any atom is -0.493 e. The Hall–Kier alpha value is -3.35. The van der Waals surface area contributed by atoms with Crippen molar-refractivity contribution >= 4 is 23.2 Å². The highest BCUT2D eigenvalue weighted by Gasteiger charge is 2.30. The Bertz CT molecular complexity index is 999. The monoisotopic (exact) mass is 437 g/mol. The van der Waals surface area contributed by atoms with Gasteiger partial charge in [0.2, 0.25) is 11.8 Å². The first-order valence-electron chi connectivity index (χ1n) is 10.9. The maximum Gasteiger partial charge on any atom is 0.245 e. The molecule has 0 aliphatic carbocycles. The van der Waals surface area contributed by atoms with E-state index in [1.54, 1.807) is 14.2 Å². The van der Waals surface area contributed by atoms with Crippen LogP contribution in [0.1, 0.15) is 38.3 Å². The highest BCUT2D eigenvalue weighted by Crippen LogP contribution is 2.29. The van der Waals surface area contributed by atoms with Crippen LogP contribution < -0.4 is 20.1 Å². The summed E-state index contributed by atoms with van der Waals surface area (Å²) in [6.07, 6.45) is 1.20. The number of carbonyl (C=O) groups is 2. The van der Waals surface area contributed by atoms with Gasteiger partial charge in [-0.05, 0) is 42.3 Å². The molecule has 2 atom stereocenters. The predicted molar refractivity (Wildman–Crippen MR) is 126 cm³/mol. The molecule has 3 rings (SSSR count). The number of methoxy groups -OCH3 is 2. The van der Waals surface area contributed by atoms with Gasteiger partial charge in [0.1, 0.15) is 6.04 Å². The summed E-state index contributed by atoms with van der Waals surface area (Å²) in [6.45, 7) is 5.72. The van der Waals surface area contributed by atoms with Crippen molar-refractivity contribution in [3.63, 3.8) is 0 Å². The number of nitrogens with zero attached hydrogens (tertiary/aromatic N) is 1. The number of ether oxygens (including phenoxy) is 2. The van der Waals surface area contributed by atoms with E-state index in [-0.39, 0.29) is 23.8 Å². The zero-order valence-electron chi connectivity index (χ0n) is 19.3. The Morgan fingerprint density at radius 3 is 2.38 bits per heavy atom. The third kappa shape index (κ3) is 5.28. The lowest BCUT2D eigenvalue weighted by molar-refractivity contribution is -0.123. The number of anilines is 1. The van der Waals surface area contributed by atoms with E-state index in [1.807, 2.05) is 63.2 Å². The van der Waals surface area contributed by atoms with Crippen molar-refractivity contribution in [3.05, 3.63) is 53.6 Å². The molecule has 7 nitrogen and oxygen atoms in total. The first-order valence-corrected chi connectivity index (χ1v) is 10.9. The largest absolute Gasteiger partial charge is 0.493 e. The average Bonchev–Trinajstić information content (AvgIpc) is 2.80. The molecule has 0 saturated carbocycles. The third-order valence-electron chi connectivity index (χ3n) is 5.51. The van der Waals surface area contributed by atoms with Crippen molar-refractivity contribution in [1.29, 1.82) is 0 Å². The van der Waals surface area contributed by atoms with Crippen LogP contribution in [-0.4, -0.2) is 43.8 Å². The van der Waals surface area contributed by atoms with Crippen LogP contribution >= 0.6 is 0 Å². The highest BCUT2D eigenvalue weighted by atomic mass is 16.5. The third-order valence-corrected chi connectivity index (χ3v) is 5.51. The van der Waals surface area contributed by atoms with E-state index in [4.69, 9.17) is 14.5 Å². The van der Waals surface area contributed by atoms with Crippen LogP contribution in [0.3, 0.4) is 0 Å².